The highest BCUT2D eigenvalue weighted by Gasteiger charge is 2.18. The summed E-state index contributed by atoms with van der Waals surface area (Å²) in [5.41, 5.74) is 3.17. The van der Waals surface area contributed by atoms with Gasteiger partial charge in [0, 0.05) is 11.9 Å². The number of rotatable bonds is 3. The maximum atomic E-state index is 12.7. The molecule has 24 heavy (non-hydrogen) atoms. The average Bonchev–Trinajstić information content (AvgIpc) is 2.84. The number of aromatic nitrogens is 2. The van der Waals surface area contributed by atoms with Crippen molar-refractivity contribution < 1.29 is 14.7 Å². The molecule has 0 atom stereocenters. The van der Waals surface area contributed by atoms with E-state index in [0.29, 0.717) is 22.7 Å². The second kappa shape index (κ2) is 6.09. The summed E-state index contributed by atoms with van der Waals surface area (Å²) in [6, 6.07) is 8.04. The van der Waals surface area contributed by atoms with Crippen LogP contribution in [0.25, 0.3) is 5.65 Å². The zero-order valence-corrected chi connectivity index (χ0v) is 14.6. The Bertz CT molecular complexity index is 979. The summed E-state index contributed by atoms with van der Waals surface area (Å²) in [5.74, 6) is -1.39. The van der Waals surface area contributed by atoms with Crippen molar-refractivity contribution in [2.24, 2.45) is 0 Å². The molecule has 2 aromatic heterocycles. The number of hydrogen-bond donors (Lipinski definition) is 2. The van der Waals surface area contributed by atoms with E-state index in [4.69, 9.17) is 5.11 Å². The maximum absolute atomic E-state index is 12.7. The fourth-order valence-corrected chi connectivity index (χ4v) is 3.18. The van der Waals surface area contributed by atoms with Crippen LogP contribution >= 0.6 is 15.9 Å². The number of imidazole rings is 1. The third-order valence-electron chi connectivity index (χ3n) is 3.57. The van der Waals surface area contributed by atoms with Gasteiger partial charge in [0.1, 0.15) is 5.69 Å². The van der Waals surface area contributed by atoms with E-state index < -0.39 is 5.97 Å². The van der Waals surface area contributed by atoms with Gasteiger partial charge in [0.05, 0.1) is 15.7 Å². The molecular formula is C17H14BrN3O3. The minimum atomic E-state index is -1.04. The lowest BCUT2D eigenvalue weighted by Crippen LogP contribution is -2.16. The summed E-state index contributed by atoms with van der Waals surface area (Å²) in [5, 5.41) is 11.8. The summed E-state index contributed by atoms with van der Waals surface area (Å²) in [6.45, 7) is 3.69. The van der Waals surface area contributed by atoms with Crippen molar-refractivity contribution in [3.8, 4) is 0 Å². The van der Waals surface area contributed by atoms with E-state index in [9.17, 15) is 9.59 Å². The van der Waals surface area contributed by atoms with Gasteiger partial charge in [-0.05, 0) is 59.6 Å². The number of pyridine rings is 1. The minimum Gasteiger partial charge on any atom is -0.478 e. The average molecular weight is 388 g/mol. The molecule has 0 saturated heterocycles. The van der Waals surface area contributed by atoms with E-state index in [1.165, 1.54) is 12.1 Å². The fraction of sp³-hybridized carbons (Fsp3) is 0.118. The van der Waals surface area contributed by atoms with Gasteiger partial charge in [0.15, 0.2) is 5.65 Å². The summed E-state index contributed by atoms with van der Waals surface area (Å²) < 4.78 is 2.53. The van der Waals surface area contributed by atoms with Gasteiger partial charge < -0.3 is 10.4 Å². The topological polar surface area (TPSA) is 83.7 Å². The van der Waals surface area contributed by atoms with Crippen molar-refractivity contribution in [3.05, 3.63) is 63.5 Å². The first-order valence-electron chi connectivity index (χ1n) is 7.16. The van der Waals surface area contributed by atoms with Crippen molar-refractivity contribution in [1.29, 1.82) is 0 Å². The number of carbonyl (C=O) groups excluding carboxylic acids is 1. The standard InChI is InChI=1S/C17H14BrN3O3/c1-9-6-13(18)15-19-10(2)14(21(15)8-9)16(22)20-12-5-3-4-11(7-12)17(23)24/h3-8H,1-2H3,(H,20,22)(H,23,24). The third kappa shape index (κ3) is 2.90. The Labute approximate surface area is 146 Å². The van der Waals surface area contributed by atoms with E-state index in [0.717, 1.165) is 10.0 Å². The Kier molecular flexibility index (Phi) is 4.11. The Balaban J connectivity index is 2.02. The maximum Gasteiger partial charge on any atom is 0.335 e. The van der Waals surface area contributed by atoms with E-state index >= 15 is 0 Å². The molecule has 0 unspecified atom stereocenters. The highest BCUT2D eigenvalue weighted by Crippen LogP contribution is 2.23. The number of benzene rings is 1. The van der Waals surface area contributed by atoms with Crippen LogP contribution < -0.4 is 5.32 Å². The van der Waals surface area contributed by atoms with Crippen LogP contribution in [-0.4, -0.2) is 26.4 Å². The molecule has 1 amide bonds. The van der Waals surface area contributed by atoms with Crippen molar-refractivity contribution >= 4 is 39.1 Å². The summed E-state index contributed by atoms with van der Waals surface area (Å²) in [6.07, 6.45) is 1.84. The second-order valence-corrected chi connectivity index (χ2v) is 6.30. The van der Waals surface area contributed by atoms with Gasteiger partial charge in [-0.1, -0.05) is 6.07 Å². The first-order chi connectivity index (χ1) is 11.4. The predicted octanol–water partition coefficient (Wildman–Crippen LogP) is 3.66. The normalized spacial score (nSPS) is 10.8. The summed E-state index contributed by atoms with van der Waals surface area (Å²) >= 11 is 3.46. The molecule has 0 aliphatic rings. The van der Waals surface area contributed by atoms with Crippen LogP contribution in [0.5, 0.6) is 0 Å². The third-order valence-corrected chi connectivity index (χ3v) is 4.15. The number of hydrogen-bond acceptors (Lipinski definition) is 3. The first kappa shape index (κ1) is 16.2. The van der Waals surface area contributed by atoms with E-state index in [1.54, 1.807) is 23.5 Å². The number of aryl methyl sites for hydroxylation is 2. The van der Waals surface area contributed by atoms with Gasteiger partial charge in [0.2, 0.25) is 0 Å². The quantitative estimate of drug-likeness (QED) is 0.717. The fourth-order valence-electron chi connectivity index (χ4n) is 2.54. The van der Waals surface area contributed by atoms with Crippen molar-refractivity contribution in [3.63, 3.8) is 0 Å². The monoisotopic (exact) mass is 387 g/mol. The molecule has 0 bridgehead atoms. The number of carboxylic acid groups (broad SMARTS) is 1. The zero-order chi connectivity index (χ0) is 17.4. The summed E-state index contributed by atoms with van der Waals surface area (Å²) in [7, 11) is 0. The lowest BCUT2D eigenvalue weighted by molar-refractivity contribution is 0.0696. The number of nitrogens with zero attached hydrogens (tertiary/aromatic N) is 2. The molecule has 2 N–H and O–H groups in total. The molecule has 0 saturated carbocycles. The van der Waals surface area contributed by atoms with Gasteiger partial charge >= 0.3 is 5.97 Å². The summed E-state index contributed by atoms with van der Waals surface area (Å²) in [4.78, 5) is 28.1. The van der Waals surface area contributed by atoms with E-state index in [1.807, 2.05) is 19.2 Å². The molecule has 6 nitrogen and oxygen atoms in total. The highest BCUT2D eigenvalue weighted by molar-refractivity contribution is 9.10. The van der Waals surface area contributed by atoms with Crippen molar-refractivity contribution in [1.82, 2.24) is 9.38 Å². The molecule has 0 fully saturated rings. The molecule has 1 aromatic carbocycles. The molecule has 3 rings (SSSR count). The molecule has 0 spiro atoms. The van der Waals surface area contributed by atoms with Crippen LogP contribution in [0.1, 0.15) is 32.1 Å². The molecule has 3 aromatic rings. The molecule has 0 aliphatic heterocycles. The molecular weight excluding hydrogens is 374 g/mol. The van der Waals surface area contributed by atoms with Crippen molar-refractivity contribution in [2.75, 3.05) is 5.32 Å². The molecule has 2 heterocycles. The van der Waals surface area contributed by atoms with Crippen LogP contribution in [0.2, 0.25) is 0 Å². The Morgan fingerprint density at radius 2 is 2.00 bits per heavy atom. The first-order valence-corrected chi connectivity index (χ1v) is 7.95. The van der Waals surface area contributed by atoms with Crippen LogP contribution in [0.4, 0.5) is 5.69 Å². The smallest absolute Gasteiger partial charge is 0.335 e. The van der Waals surface area contributed by atoms with Crippen molar-refractivity contribution in [2.45, 2.75) is 13.8 Å². The van der Waals surface area contributed by atoms with Gasteiger partial charge in [-0.15, -0.1) is 0 Å². The van der Waals surface area contributed by atoms with Crippen LogP contribution in [0, 0.1) is 13.8 Å². The Morgan fingerprint density at radius 1 is 1.25 bits per heavy atom. The number of carboxylic acids is 1. The number of amides is 1. The minimum absolute atomic E-state index is 0.112. The zero-order valence-electron chi connectivity index (χ0n) is 13.0. The predicted molar refractivity (Wildman–Crippen MR) is 93.7 cm³/mol. The number of carbonyl (C=O) groups is 2. The van der Waals surface area contributed by atoms with Gasteiger partial charge in [-0.2, -0.15) is 0 Å². The highest BCUT2D eigenvalue weighted by atomic mass is 79.9. The number of anilines is 1. The number of nitrogens with one attached hydrogen (secondary N) is 1. The van der Waals surface area contributed by atoms with E-state index in [2.05, 4.69) is 26.2 Å². The lowest BCUT2D eigenvalue weighted by Gasteiger charge is -2.08. The lowest BCUT2D eigenvalue weighted by atomic mass is 10.2. The van der Waals surface area contributed by atoms with Gasteiger partial charge in [0.25, 0.3) is 5.91 Å². The second-order valence-electron chi connectivity index (χ2n) is 5.44. The molecule has 7 heteroatoms. The molecule has 122 valence electrons. The van der Waals surface area contributed by atoms with Crippen LogP contribution in [0.3, 0.4) is 0 Å². The molecule has 0 aliphatic carbocycles. The largest absolute Gasteiger partial charge is 0.478 e. The number of halogens is 1. The molecule has 0 radical (unpaired) electrons. The van der Waals surface area contributed by atoms with E-state index in [-0.39, 0.29) is 11.5 Å². The van der Waals surface area contributed by atoms with Gasteiger partial charge in [-0.3, -0.25) is 9.20 Å². The Morgan fingerprint density at radius 3 is 2.71 bits per heavy atom. The number of fused-ring (bicyclic) bond motifs is 1. The Hall–Kier alpha value is -2.67. The van der Waals surface area contributed by atoms with Crippen LogP contribution in [-0.2, 0) is 0 Å². The number of aromatic carboxylic acids is 1. The van der Waals surface area contributed by atoms with Crippen LogP contribution in [0.15, 0.2) is 41.0 Å². The van der Waals surface area contributed by atoms with Gasteiger partial charge in [-0.25, -0.2) is 9.78 Å². The SMILES string of the molecule is Cc1cc(Br)c2nc(C)c(C(=O)Nc3cccc(C(=O)O)c3)n2c1.